The van der Waals surface area contributed by atoms with Gasteiger partial charge in [-0.1, -0.05) is 13.8 Å². The van der Waals surface area contributed by atoms with Crippen LogP contribution in [0.1, 0.15) is 51.0 Å². The average molecular weight is 378 g/mol. The van der Waals surface area contributed by atoms with Gasteiger partial charge in [-0.2, -0.15) is 0 Å². The highest BCUT2D eigenvalue weighted by molar-refractivity contribution is 7.18. The van der Waals surface area contributed by atoms with Gasteiger partial charge in [-0.05, 0) is 57.6 Å². The van der Waals surface area contributed by atoms with Gasteiger partial charge in [0.15, 0.2) is 0 Å². The molecule has 0 saturated heterocycles. The van der Waals surface area contributed by atoms with E-state index in [4.69, 9.17) is 4.74 Å². The maximum absolute atomic E-state index is 12.9. The molecule has 26 heavy (non-hydrogen) atoms. The molecular formula is C20H31N3O2S. The first-order valence-electron chi connectivity index (χ1n) is 9.80. The monoisotopic (exact) mass is 377 g/mol. The average Bonchev–Trinajstić information content (AvgIpc) is 2.95. The largest absolute Gasteiger partial charge is 0.379 e. The van der Waals surface area contributed by atoms with E-state index >= 15 is 0 Å². The third-order valence-corrected chi connectivity index (χ3v) is 5.97. The molecule has 6 heteroatoms. The first-order valence-corrected chi connectivity index (χ1v) is 10.6. The summed E-state index contributed by atoms with van der Waals surface area (Å²) in [6.45, 7) is 10.9. The Morgan fingerprint density at radius 3 is 2.92 bits per heavy atom. The summed E-state index contributed by atoms with van der Waals surface area (Å²) in [7, 11) is 0. The standard InChI is InChI=1S/C20H31N3O2S/c1-13(2)11-23-12-22-19-18(20(23)24)16-7-6-15(10-17(16)26-19)21-8-5-9-25-14(3)4/h12-15,21H,5-11H2,1-4H3. The van der Waals surface area contributed by atoms with Crippen LogP contribution in [0.2, 0.25) is 0 Å². The summed E-state index contributed by atoms with van der Waals surface area (Å²) in [6.07, 6.45) is 6.12. The Morgan fingerprint density at radius 1 is 1.38 bits per heavy atom. The molecule has 0 bridgehead atoms. The van der Waals surface area contributed by atoms with Crippen LogP contribution < -0.4 is 10.9 Å². The van der Waals surface area contributed by atoms with Gasteiger partial charge < -0.3 is 10.1 Å². The second-order valence-corrected chi connectivity index (χ2v) is 9.03. The molecule has 1 N–H and O–H groups in total. The highest BCUT2D eigenvalue weighted by Gasteiger charge is 2.25. The summed E-state index contributed by atoms with van der Waals surface area (Å²) in [5.41, 5.74) is 1.39. The van der Waals surface area contributed by atoms with E-state index in [9.17, 15) is 4.79 Å². The van der Waals surface area contributed by atoms with Crippen LogP contribution in [-0.4, -0.2) is 34.8 Å². The summed E-state index contributed by atoms with van der Waals surface area (Å²) in [4.78, 5) is 19.7. The molecule has 144 valence electrons. The van der Waals surface area contributed by atoms with Crippen LogP contribution in [-0.2, 0) is 24.1 Å². The first-order chi connectivity index (χ1) is 12.5. The number of hydrogen-bond donors (Lipinski definition) is 1. The van der Waals surface area contributed by atoms with Crippen molar-refractivity contribution >= 4 is 21.6 Å². The van der Waals surface area contributed by atoms with Crippen molar-refractivity contribution in [3.05, 3.63) is 27.1 Å². The Bertz CT molecular complexity index is 794. The van der Waals surface area contributed by atoms with Crippen LogP contribution in [0.3, 0.4) is 0 Å². The Morgan fingerprint density at radius 2 is 2.19 bits per heavy atom. The van der Waals surface area contributed by atoms with E-state index in [1.54, 1.807) is 22.2 Å². The van der Waals surface area contributed by atoms with Gasteiger partial charge in [-0.25, -0.2) is 4.98 Å². The van der Waals surface area contributed by atoms with E-state index in [0.29, 0.717) is 18.1 Å². The minimum absolute atomic E-state index is 0.137. The van der Waals surface area contributed by atoms with E-state index < -0.39 is 0 Å². The number of hydrogen-bond acceptors (Lipinski definition) is 5. The fourth-order valence-electron chi connectivity index (χ4n) is 3.60. The van der Waals surface area contributed by atoms with Crippen molar-refractivity contribution in [3.63, 3.8) is 0 Å². The molecule has 2 heterocycles. The molecule has 0 amide bonds. The molecule has 0 aliphatic heterocycles. The van der Waals surface area contributed by atoms with Crippen molar-refractivity contribution in [1.82, 2.24) is 14.9 Å². The molecule has 2 aromatic heterocycles. The van der Waals surface area contributed by atoms with E-state index in [0.717, 1.165) is 55.6 Å². The smallest absolute Gasteiger partial charge is 0.262 e. The van der Waals surface area contributed by atoms with E-state index in [2.05, 4.69) is 38.0 Å². The molecule has 2 aromatic rings. The lowest BCUT2D eigenvalue weighted by Crippen LogP contribution is -2.35. The van der Waals surface area contributed by atoms with Gasteiger partial charge in [0, 0.05) is 24.1 Å². The van der Waals surface area contributed by atoms with Crippen molar-refractivity contribution in [1.29, 1.82) is 0 Å². The molecule has 1 atom stereocenters. The van der Waals surface area contributed by atoms with Crippen molar-refractivity contribution in [2.75, 3.05) is 13.2 Å². The normalized spacial score (nSPS) is 17.4. The summed E-state index contributed by atoms with van der Waals surface area (Å²) in [5.74, 6) is 0.440. The summed E-state index contributed by atoms with van der Waals surface area (Å²) < 4.78 is 7.37. The predicted octanol–water partition coefficient (Wildman–Crippen LogP) is 3.38. The van der Waals surface area contributed by atoms with E-state index in [1.807, 2.05) is 0 Å². The first kappa shape index (κ1) is 19.5. The van der Waals surface area contributed by atoms with Crippen molar-refractivity contribution < 1.29 is 4.74 Å². The number of fused-ring (bicyclic) bond motifs is 3. The molecule has 0 fully saturated rings. The summed E-state index contributed by atoms with van der Waals surface area (Å²) in [6, 6.07) is 0.493. The fourth-order valence-corrected chi connectivity index (χ4v) is 4.85. The lowest BCUT2D eigenvalue weighted by molar-refractivity contribution is 0.0766. The number of rotatable bonds is 8. The Hall–Kier alpha value is -1.24. The summed E-state index contributed by atoms with van der Waals surface area (Å²) >= 11 is 1.70. The van der Waals surface area contributed by atoms with Gasteiger partial charge in [-0.3, -0.25) is 9.36 Å². The minimum atomic E-state index is 0.137. The van der Waals surface area contributed by atoms with E-state index in [1.165, 1.54) is 10.4 Å². The molecule has 5 nitrogen and oxygen atoms in total. The van der Waals surface area contributed by atoms with Crippen LogP contribution in [0, 0.1) is 5.92 Å². The van der Waals surface area contributed by atoms with Gasteiger partial charge in [0.2, 0.25) is 0 Å². The van der Waals surface area contributed by atoms with Crippen molar-refractivity contribution in [2.45, 2.75) is 72.1 Å². The zero-order valence-electron chi connectivity index (χ0n) is 16.4. The SMILES string of the molecule is CC(C)Cn1cnc2sc3c(c2c1=O)CCC(NCCCOC(C)C)C3. The second-order valence-electron chi connectivity index (χ2n) is 7.95. The van der Waals surface area contributed by atoms with Gasteiger partial charge in [0.1, 0.15) is 4.83 Å². The Kier molecular flexibility index (Phi) is 6.48. The van der Waals surface area contributed by atoms with Crippen LogP contribution in [0.5, 0.6) is 0 Å². The second kappa shape index (κ2) is 8.63. The molecule has 3 rings (SSSR count). The molecule has 1 aliphatic carbocycles. The number of thiophene rings is 1. The molecule has 0 saturated carbocycles. The third-order valence-electron chi connectivity index (χ3n) is 4.80. The highest BCUT2D eigenvalue weighted by Crippen LogP contribution is 2.33. The lowest BCUT2D eigenvalue weighted by atomic mass is 9.93. The van der Waals surface area contributed by atoms with Crippen LogP contribution in [0.25, 0.3) is 10.2 Å². The number of nitrogens with one attached hydrogen (secondary N) is 1. The maximum atomic E-state index is 12.9. The molecule has 1 aliphatic rings. The molecular weight excluding hydrogens is 346 g/mol. The van der Waals surface area contributed by atoms with E-state index in [-0.39, 0.29) is 5.56 Å². The molecule has 1 unspecified atom stereocenters. The third kappa shape index (κ3) is 4.53. The van der Waals surface area contributed by atoms with Crippen LogP contribution in [0.4, 0.5) is 0 Å². The number of aryl methyl sites for hydroxylation is 1. The van der Waals surface area contributed by atoms with Crippen molar-refractivity contribution in [3.8, 4) is 0 Å². The quantitative estimate of drug-likeness (QED) is 0.717. The topological polar surface area (TPSA) is 56.2 Å². The number of aromatic nitrogens is 2. The van der Waals surface area contributed by atoms with Crippen LogP contribution in [0.15, 0.2) is 11.1 Å². The van der Waals surface area contributed by atoms with Crippen LogP contribution >= 0.6 is 11.3 Å². The fraction of sp³-hybridized carbons (Fsp3) is 0.700. The predicted molar refractivity (Wildman–Crippen MR) is 108 cm³/mol. The number of ether oxygens (including phenoxy) is 1. The molecule has 0 aromatic carbocycles. The van der Waals surface area contributed by atoms with Gasteiger partial charge in [0.25, 0.3) is 5.56 Å². The van der Waals surface area contributed by atoms with Gasteiger partial charge >= 0.3 is 0 Å². The Balaban J connectivity index is 1.67. The maximum Gasteiger partial charge on any atom is 0.262 e. The Labute approximate surface area is 159 Å². The zero-order chi connectivity index (χ0) is 18.7. The summed E-state index contributed by atoms with van der Waals surface area (Å²) in [5, 5.41) is 4.53. The van der Waals surface area contributed by atoms with Gasteiger partial charge in [0.05, 0.1) is 17.8 Å². The minimum Gasteiger partial charge on any atom is -0.379 e. The number of nitrogens with zero attached hydrogens (tertiary/aromatic N) is 2. The highest BCUT2D eigenvalue weighted by atomic mass is 32.1. The molecule has 0 radical (unpaired) electrons. The molecule has 0 spiro atoms. The zero-order valence-corrected chi connectivity index (χ0v) is 17.2. The van der Waals surface area contributed by atoms with Gasteiger partial charge in [-0.15, -0.1) is 11.3 Å². The van der Waals surface area contributed by atoms with Crippen molar-refractivity contribution in [2.24, 2.45) is 5.92 Å². The lowest BCUT2D eigenvalue weighted by Gasteiger charge is -2.23.